The molecule has 1 heterocycles. The number of anilines is 2. The first-order valence-corrected chi connectivity index (χ1v) is 10.4. The Morgan fingerprint density at radius 2 is 1.80 bits per heavy atom. The van der Waals surface area contributed by atoms with Crippen molar-refractivity contribution in [2.45, 2.75) is 32.1 Å². The Hall–Kier alpha value is -3.19. The summed E-state index contributed by atoms with van der Waals surface area (Å²) in [5.41, 5.74) is 8.18. The van der Waals surface area contributed by atoms with Gasteiger partial charge in [-0.2, -0.15) is 5.10 Å². The Kier molecular flexibility index (Phi) is 6.09. The summed E-state index contributed by atoms with van der Waals surface area (Å²) in [4.78, 5) is 25.1. The molecule has 3 aromatic rings. The van der Waals surface area contributed by atoms with Crippen LogP contribution in [0.5, 0.6) is 0 Å². The van der Waals surface area contributed by atoms with Crippen LogP contribution in [0.3, 0.4) is 0 Å². The average Bonchev–Trinajstić information content (AvgIpc) is 3.16. The molecule has 0 atom stereocenters. The van der Waals surface area contributed by atoms with Crippen molar-refractivity contribution in [3.63, 3.8) is 0 Å². The minimum atomic E-state index is -0.138. The smallest absolute Gasteiger partial charge is 0.230 e. The van der Waals surface area contributed by atoms with Gasteiger partial charge in [-0.05, 0) is 61.9 Å². The maximum absolute atomic E-state index is 12.7. The summed E-state index contributed by atoms with van der Waals surface area (Å²) in [5.74, 6) is 0.936. The number of nitrogens with zero attached hydrogens (tertiary/aromatic N) is 1. The topological polar surface area (TPSA) is 113 Å². The molecule has 7 heteroatoms. The number of benzene rings is 2. The van der Waals surface area contributed by atoms with E-state index in [1.165, 1.54) is 0 Å². The summed E-state index contributed by atoms with van der Waals surface area (Å²) in [7, 11) is 0. The third-order valence-corrected chi connectivity index (χ3v) is 5.85. The van der Waals surface area contributed by atoms with Crippen LogP contribution in [0.4, 0.5) is 11.5 Å². The molecule has 30 heavy (non-hydrogen) atoms. The van der Waals surface area contributed by atoms with Crippen LogP contribution in [0.15, 0.2) is 48.5 Å². The van der Waals surface area contributed by atoms with Crippen molar-refractivity contribution in [2.24, 2.45) is 17.6 Å². The van der Waals surface area contributed by atoms with Crippen LogP contribution in [0.1, 0.15) is 31.2 Å². The van der Waals surface area contributed by atoms with Crippen LogP contribution in [0, 0.1) is 11.8 Å². The van der Waals surface area contributed by atoms with E-state index < -0.39 is 0 Å². The van der Waals surface area contributed by atoms with Gasteiger partial charge in [0, 0.05) is 17.0 Å². The lowest BCUT2D eigenvalue weighted by atomic mass is 9.81. The molecule has 0 aliphatic heterocycles. The van der Waals surface area contributed by atoms with Crippen LogP contribution in [0.25, 0.3) is 10.9 Å². The van der Waals surface area contributed by atoms with Crippen LogP contribution >= 0.6 is 0 Å². The second-order valence-corrected chi connectivity index (χ2v) is 7.99. The van der Waals surface area contributed by atoms with Gasteiger partial charge < -0.3 is 16.4 Å². The Morgan fingerprint density at radius 3 is 2.53 bits per heavy atom. The fourth-order valence-electron chi connectivity index (χ4n) is 4.05. The molecule has 0 spiro atoms. The van der Waals surface area contributed by atoms with Gasteiger partial charge in [-0.15, -0.1) is 0 Å². The number of hydrogen-bond acceptors (Lipinski definition) is 4. The molecule has 1 aliphatic carbocycles. The van der Waals surface area contributed by atoms with Gasteiger partial charge in [0.2, 0.25) is 11.8 Å². The van der Waals surface area contributed by atoms with Crippen molar-refractivity contribution in [1.29, 1.82) is 0 Å². The number of rotatable bonds is 6. The zero-order valence-corrected chi connectivity index (χ0v) is 16.9. The minimum Gasteiger partial charge on any atom is -0.330 e. The summed E-state index contributed by atoms with van der Waals surface area (Å²) in [6.07, 6.45) is 4.04. The number of nitrogens with one attached hydrogen (secondary N) is 3. The average molecular weight is 406 g/mol. The predicted molar refractivity (Wildman–Crippen MR) is 118 cm³/mol. The number of aromatic nitrogens is 2. The van der Waals surface area contributed by atoms with E-state index in [0.29, 0.717) is 24.0 Å². The van der Waals surface area contributed by atoms with E-state index in [0.717, 1.165) is 42.1 Å². The lowest BCUT2D eigenvalue weighted by Gasteiger charge is -2.26. The molecule has 4 rings (SSSR count). The number of amides is 2. The van der Waals surface area contributed by atoms with Crippen molar-refractivity contribution >= 4 is 34.2 Å². The zero-order chi connectivity index (χ0) is 20.9. The first kappa shape index (κ1) is 20.1. The molecule has 0 radical (unpaired) electrons. The summed E-state index contributed by atoms with van der Waals surface area (Å²) < 4.78 is 0. The monoisotopic (exact) mass is 405 g/mol. The van der Waals surface area contributed by atoms with E-state index in [2.05, 4.69) is 20.8 Å². The van der Waals surface area contributed by atoms with Gasteiger partial charge in [-0.25, -0.2) is 0 Å². The molecule has 1 saturated carbocycles. The van der Waals surface area contributed by atoms with Crippen LogP contribution in [0.2, 0.25) is 0 Å². The molecule has 7 nitrogen and oxygen atoms in total. The number of carbonyl (C=O) groups excluding carboxylic acids is 2. The largest absolute Gasteiger partial charge is 0.330 e. The predicted octanol–water partition coefficient (Wildman–Crippen LogP) is 3.45. The Labute approximate surface area is 175 Å². The third kappa shape index (κ3) is 4.68. The van der Waals surface area contributed by atoms with Crippen molar-refractivity contribution in [3.05, 3.63) is 54.1 Å². The highest BCUT2D eigenvalue weighted by molar-refractivity contribution is 6.02. The molecule has 2 aromatic carbocycles. The lowest BCUT2D eigenvalue weighted by Crippen LogP contribution is -2.29. The molecule has 0 unspecified atom stereocenters. The van der Waals surface area contributed by atoms with E-state index >= 15 is 0 Å². The summed E-state index contributed by atoms with van der Waals surface area (Å²) in [5, 5.41) is 13.8. The molecule has 156 valence electrons. The SMILES string of the molecule is NCC1CCC(C(=O)Nc2ccc3[nH]nc(NC(=O)Cc4ccccc4)c3c2)CC1. The number of nitrogens with two attached hydrogens (primary N) is 1. The van der Waals surface area contributed by atoms with Gasteiger partial charge in [0.15, 0.2) is 5.82 Å². The normalized spacial score (nSPS) is 18.8. The van der Waals surface area contributed by atoms with Gasteiger partial charge in [0.1, 0.15) is 0 Å². The first-order chi connectivity index (χ1) is 14.6. The zero-order valence-electron chi connectivity index (χ0n) is 16.9. The summed E-state index contributed by atoms with van der Waals surface area (Å²) in [6, 6.07) is 15.1. The fraction of sp³-hybridized carbons (Fsp3) is 0.348. The lowest BCUT2D eigenvalue weighted by molar-refractivity contribution is -0.121. The van der Waals surface area contributed by atoms with E-state index in [4.69, 9.17) is 5.73 Å². The quantitative estimate of drug-likeness (QED) is 0.503. The molecular weight excluding hydrogens is 378 g/mol. The minimum absolute atomic E-state index is 0.0258. The number of hydrogen-bond donors (Lipinski definition) is 4. The molecule has 0 saturated heterocycles. The maximum atomic E-state index is 12.7. The third-order valence-electron chi connectivity index (χ3n) is 5.85. The summed E-state index contributed by atoms with van der Waals surface area (Å²) >= 11 is 0. The fourth-order valence-corrected chi connectivity index (χ4v) is 4.05. The van der Waals surface area contributed by atoms with Gasteiger partial charge in [0.25, 0.3) is 0 Å². The molecule has 1 fully saturated rings. The highest BCUT2D eigenvalue weighted by Crippen LogP contribution is 2.30. The highest BCUT2D eigenvalue weighted by atomic mass is 16.2. The van der Waals surface area contributed by atoms with Gasteiger partial charge in [0.05, 0.1) is 11.9 Å². The second-order valence-electron chi connectivity index (χ2n) is 7.99. The van der Waals surface area contributed by atoms with E-state index in [-0.39, 0.29) is 24.2 Å². The molecule has 2 amide bonds. The molecule has 0 bridgehead atoms. The van der Waals surface area contributed by atoms with Crippen molar-refractivity contribution in [1.82, 2.24) is 10.2 Å². The van der Waals surface area contributed by atoms with Gasteiger partial charge in [-0.1, -0.05) is 30.3 Å². The van der Waals surface area contributed by atoms with E-state index in [1.54, 1.807) is 0 Å². The standard InChI is InChI=1S/C23H27N5O2/c24-14-16-6-8-17(9-7-16)23(30)25-18-10-11-20-19(13-18)22(28-27-20)26-21(29)12-15-4-2-1-3-5-15/h1-5,10-11,13,16-17H,6-9,12,14,24H2,(H,25,30)(H2,26,27,28,29). The van der Waals surface area contributed by atoms with E-state index in [9.17, 15) is 9.59 Å². The van der Waals surface area contributed by atoms with E-state index in [1.807, 2.05) is 48.5 Å². The number of aromatic amines is 1. The number of H-pyrrole nitrogens is 1. The number of carbonyl (C=O) groups is 2. The van der Waals surface area contributed by atoms with Gasteiger partial charge >= 0.3 is 0 Å². The molecular formula is C23H27N5O2. The summed E-state index contributed by atoms with van der Waals surface area (Å²) in [6.45, 7) is 0.699. The Morgan fingerprint density at radius 1 is 1.03 bits per heavy atom. The van der Waals surface area contributed by atoms with Crippen molar-refractivity contribution in [2.75, 3.05) is 17.2 Å². The molecule has 5 N–H and O–H groups in total. The number of fused-ring (bicyclic) bond motifs is 1. The van der Waals surface area contributed by atoms with Crippen molar-refractivity contribution in [3.8, 4) is 0 Å². The molecule has 1 aliphatic rings. The second kappa shape index (κ2) is 9.09. The van der Waals surface area contributed by atoms with Crippen LogP contribution in [-0.4, -0.2) is 28.6 Å². The maximum Gasteiger partial charge on any atom is 0.230 e. The Bertz CT molecular complexity index is 1020. The molecule has 1 aromatic heterocycles. The Balaban J connectivity index is 1.42. The van der Waals surface area contributed by atoms with Crippen LogP contribution < -0.4 is 16.4 Å². The van der Waals surface area contributed by atoms with Gasteiger partial charge in [-0.3, -0.25) is 14.7 Å². The van der Waals surface area contributed by atoms with Crippen LogP contribution in [-0.2, 0) is 16.0 Å². The van der Waals surface area contributed by atoms with Crippen molar-refractivity contribution < 1.29 is 9.59 Å². The first-order valence-electron chi connectivity index (χ1n) is 10.4. The highest BCUT2D eigenvalue weighted by Gasteiger charge is 2.25.